The van der Waals surface area contributed by atoms with E-state index in [1.54, 1.807) is 7.11 Å². The quantitative estimate of drug-likeness (QED) is 0.796. The summed E-state index contributed by atoms with van der Waals surface area (Å²) in [6.07, 6.45) is 2.26. The first kappa shape index (κ1) is 9.53. The highest BCUT2D eigenvalue weighted by Crippen LogP contribution is 2.45. The van der Waals surface area contributed by atoms with E-state index < -0.39 is 5.60 Å². The van der Waals surface area contributed by atoms with E-state index in [-0.39, 0.29) is 0 Å². The maximum Gasteiger partial charge on any atom is 0.119 e. The molecule has 0 amide bonds. The van der Waals surface area contributed by atoms with Crippen LogP contribution in [0.4, 0.5) is 0 Å². The van der Waals surface area contributed by atoms with Gasteiger partial charge in [0.05, 0.1) is 12.7 Å². The van der Waals surface area contributed by atoms with Crippen molar-refractivity contribution in [3.8, 4) is 5.75 Å². The normalized spacial score (nSPS) is 20.2. The number of methoxy groups -OCH3 is 1. The van der Waals surface area contributed by atoms with Crippen molar-refractivity contribution in [3.05, 3.63) is 29.8 Å². The molecule has 0 spiro atoms. The minimum absolute atomic E-state index is 0.426. The fraction of sp³-hybridized carbons (Fsp3) is 0.500. The Morgan fingerprint density at radius 2 is 2.14 bits per heavy atom. The second-order valence-corrected chi connectivity index (χ2v) is 4.15. The molecule has 0 heterocycles. The lowest BCUT2D eigenvalue weighted by Gasteiger charge is -2.23. The molecule has 1 aliphatic rings. The smallest absolute Gasteiger partial charge is 0.119 e. The van der Waals surface area contributed by atoms with Crippen LogP contribution in [-0.2, 0) is 5.60 Å². The van der Waals surface area contributed by atoms with Crippen molar-refractivity contribution in [2.24, 2.45) is 5.92 Å². The number of hydrogen-bond acceptors (Lipinski definition) is 2. The lowest BCUT2D eigenvalue weighted by Crippen LogP contribution is -2.23. The first-order valence-electron chi connectivity index (χ1n) is 5.01. The Bertz CT molecular complexity index is 327. The summed E-state index contributed by atoms with van der Waals surface area (Å²) in [5.41, 5.74) is 0.272. The summed E-state index contributed by atoms with van der Waals surface area (Å²) in [6.45, 7) is 1.89. The maximum atomic E-state index is 10.3. The van der Waals surface area contributed by atoms with E-state index in [1.807, 2.05) is 31.2 Å². The Morgan fingerprint density at radius 1 is 1.43 bits per heavy atom. The van der Waals surface area contributed by atoms with Gasteiger partial charge in [0.15, 0.2) is 0 Å². The van der Waals surface area contributed by atoms with Crippen LogP contribution in [0.5, 0.6) is 5.75 Å². The molecule has 0 saturated heterocycles. The van der Waals surface area contributed by atoms with E-state index >= 15 is 0 Å². The second-order valence-electron chi connectivity index (χ2n) is 4.15. The minimum Gasteiger partial charge on any atom is -0.497 e. The van der Waals surface area contributed by atoms with E-state index in [0.717, 1.165) is 24.2 Å². The monoisotopic (exact) mass is 192 g/mol. The molecule has 1 aliphatic carbocycles. The second kappa shape index (κ2) is 3.28. The topological polar surface area (TPSA) is 29.5 Å². The van der Waals surface area contributed by atoms with Crippen LogP contribution >= 0.6 is 0 Å². The van der Waals surface area contributed by atoms with E-state index in [4.69, 9.17) is 4.74 Å². The third kappa shape index (κ3) is 1.62. The molecule has 1 fully saturated rings. The van der Waals surface area contributed by atoms with Crippen molar-refractivity contribution >= 4 is 0 Å². The Morgan fingerprint density at radius 3 is 2.71 bits per heavy atom. The molecule has 1 atom stereocenters. The van der Waals surface area contributed by atoms with Crippen LogP contribution in [0.3, 0.4) is 0 Å². The standard InChI is InChI=1S/C12H16O2/c1-12(13,9-6-7-9)10-4-3-5-11(8-10)14-2/h3-5,8-9,13H,6-7H2,1-2H3. The molecule has 1 unspecified atom stereocenters. The average molecular weight is 192 g/mol. The van der Waals surface area contributed by atoms with E-state index in [9.17, 15) is 5.11 Å². The van der Waals surface area contributed by atoms with Gasteiger partial charge in [-0.15, -0.1) is 0 Å². The summed E-state index contributed by atoms with van der Waals surface area (Å²) in [4.78, 5) is 0. The highest BCUT2D eigenvalue weighted by atomic mass is 16.5. The van der Waals surface area contributed by atoms with Crippen molar-refractivity contribution < 1.29 is 9.84 Å². The van der Waals surface area contributed by atoms with Gasteiger partial charge in [-0.05, 0) is 43.4 Å². The van der Waals surface area contributed by atoms with Crippen molar-refractivity contribution in [1.29, 1.82) is 0 Å². The fourth-order valence-electron chi connectivity index (χ4n) is 1.82. The molecular weight excluding hydrogens is 176 g/mol. The first-order chi connectivity index (χ1) is 6.64. The van der Waals surface area contributed by atoms with Crippen LogP contribution < -0.4 is 4.74 Å². The van der Waals surface area contributed by atoms with Crippen LogP contribution in [0.1, 0.15) is 25.3 Å². The summed E-state index contributed by atoms with van der Waals surface area (Å²) in [5.74, 6) is 1.23. The molecule has 1 saturated carbocycles. The number of ether oxygens (including phenoxy) is 1. The van der Waals surface area contributed by atoms with Gasteiger partial charge in [-0.3, -0.25) is 0 Å². The highest BCUT2D eigenvalue weighted by molar-refractivity contribution is 5.33. The molecule has 0 aliphatic heterocycles. The van der Waals surface area contributed by atoms with Gasteiger partial charge in [-0.2, -0.15) is 0 Å². The van der Waals surface area contributed by atoms with E-state index in [2.05, 4.69) is 0 Å². The zero-order chi connectivity index (χ0) is 10.2. The van der Waals surface area contributed by atoms with Gasteiger partial charge in [-0.25, -0.2) is 0 Å². The highest BCUT2D eigenvalue weighted by Gasteiger charge is 2.41. The molecule has 1 N–H and O–H groups in total. The zero-order valence-corrected chi connectivity index (χ0v) is 8.66. The Balaban J connectivity index is 2.30. The lowest BCUT2D eigenvalue weighted by molar-refractivity contribution is 0.0329. The van der Waals surface area contributed by atoms with Gasteiger partial charge < -0.3 is 9.84 Å². The molecule has 1 aromatic carbocycles. The van der Waals surface area contributed by atoms with Crippen LogP contribution in [0, 0.1) is 5.92 Å². The number of rotatable bonds is 3. The molecule has 2 nitrogen and oxygen atoms in total. The van der Waals surface area contributed by atoms with E-state index in [0.29, 0.717) is 5.92 Å². The third-order valence-electron chi connectivity index (χ3n) is 3.03. The first-order valence-corrected chi connectivity index (χ1v) is 5.01. The van der Waals surface area contributed by atoms with Gasteiger partial charge in [-0.1, -0.05) is 12.1 Å². The van der Waals surface area contributed by atoms with E-state index in [1.165, 1.54) is 0 Å². The molecule has 14 heavy (non-hydrogen) atoms. The summed E-state index contributed by atoms with van der Waals surface area (Å²) >= 11 is 0. The summed E-state index contributed by atoms with van der Waals surface area (Å²) in [7, 11) is 1.64. The van der Waals surface area contributed by atoms with Crippen LogP contribution in [0.25, 0.3) is 0 Å². The summed E-state index contributed by atoms with van der Waals surface area (Å²) in [5, 5.41) is 10.3. The molecule has 0 bridgehead atoms. The van der Waals surface area contributed by atoms with Gasteiger partial charge in [0, 0.05) is 0 Å². The molecule has 2 rings (SSSR count). The number of benzene rings is 1. The largest absolute Gasteiger partial charge is 0.497 e. The third-order valence-corrected chi connectivity index (χ3v) is 3.03. The van der Waals surface area contributed by atoms with Crippen molar-refractivity contribution in [1.82, 2.24) is 0 Å². The number of hydrogen-bond donors (Lipinski definition) is 1. The van der Waals surface area contributed by atoms with Crippen LogP contribution in [-0.4, -0.2) is 12.2 Å². The molecule has 0 radical (unpaired) electrons. The van der Waals surface area contributed by atoms with Gasteiger partial charge >= 0.3 is 0 Å². The van der Waals surface area contributed by atoms with Crippen LogP contribution in [0.15, 0.2) is 24.3 Å². The zero-order valence-electron chi connectivity index (χ0n) is 8.66. The maximum absolute atomic E-state index is 10.3. The molecule has 2 heteroatoms. The minimum atomic E-state index is -0.686. The van der Waals surface area contributed by atoms with Gasteiger partial charge in [0.1, 0.15) is 5.75 Å². The molecule has 1 aromatic rings. The predicted molar refractivity (Wildman–Crippen MR) is 55.3 cm³/mol. The average Bonchev–Trinajstić information content (AvgIpc) is 3.01. The summed E-state index contributed by atoms with van der Waals surface area (Å²) in [6, 6.07) is 7.69. The molecule has 0 aromatic heterocycles. The van der Waals surface area contributed by atoms with Crippen molar-refractivity contribution in [3.63, 3.8) is 0 Å². The Hall–Kier alpha value is -1.02. The predicted octanol–water partition coefficient (Wildman–Crippen LogP) is 2.31. The van der Waals surface area contributed by atoms with Crippen LogP contribution in [0.2, 0.25) is 0 Å². The number of aliphatic hydroxyl groups is 1. The van der Waals surface area contributed by atoms with Gasteiger partial charge in [0.2, 0.25) is 0 Å². The summed E-state index contributed by atoms with van der Waals surface area (Å²) < 4.78 is 5.14. The molecule has 76 valence electrons. The SMILES string of the molecule is COc1cccc(C(C)(O)C2CC2)c1. The van der Waals surface area contributed by atoms with Crippen molar-refractivity contribution in [2.75, 3.05) is 7.11 Å². The van der Waals surface area contributed by atoms with Gasteiger partial charge in [0.25, 0.3) is 0 Å². The molecular formula is C12H16O2. The Labute approximate surface area is 84.5 Å². The Kier molecular flexibility index (Phi) is 2.23. The lowest BCUT2D eigenvalue weighted by atomic mass is 9.91. The van der Waals surface area contributed by atoms with Crippen molar-refractivity contribution in [2.45, 2.75) is 25.4 Å². The fourth-order valence-corrected chi connectivity index (χ4v) is 1.82.